The molecule has 3 N–H and O–H groups in total. The maximum absolute atomic E-state index is 12.2. The summed E-state index contributed by atoms with van der Waals surface area (Å²) < 4.78 is 19.1. The van der Waals surface area contributed by atoms with E-state index in [-0.39, 0.29) is 84.3 Å². The van der Waals surface area contributed by atoms with Gasteiger partial charge in [0, 0.05) is 37.4 Å². The summed E-state index contributed by atoms with van der Waals surface area (Å²) in [5.41, 5.74) is 0.393. The second kappa shape index (κ2) is 21.2. The quantitative estimate of drug-likeness (QED) is 0.106. The minimum absolute atomic E-state index is 0.0117. The van der Waals surface area contributed by atoms with Crippen molar-refractivity contribution in [3.63, 3.8) is 0 Å². The van der Waals surface area contributed by atoms with Crippen LogP contribution in [0.4, 0.5) is 10.5 Å². The summed E-state index contributed by atoms with van der Waals surface area (Å²) in [5, 5.41) is 35.5. The molecule has 2 amide bonds. The Morgan fingerprint density at radius 1 is 0.794 bits per heavy atom. The third kappa shape index (κ3) is 12.1. The highest BCUT2D eigenvalue weighted by atomic mass is 35.5. The van der Waals surface area contributed by atoms with Crippen LogP contribution in [-0.4, -0.2) is 58.6 Å². The molecule has 0 bridgehead atoms. The number of carbonyl (C=O) groups is 2. The molecule has 0 radical (unpaired) electrons. The van der Waals surface area contributed by atoms with Gasteiger partial charge in [-0.25, -0.2) is 19.0 Å². The van der Waals surface area contributed by atoms with Crippen molar-refractivity contribution >= 4 is 69.8 Å². The summed E-state index contributed by atoms with van der Waals surface area (Å²) in [6.45, 7) is 9.06. The first kappa shape index (κ1) is 48.6. The molecule has 0 atom stereocenters. The lowest BCUT2D eigenvalue weighted by atomic mass is 10.1. The van der Waals surface area contributed by atoms with Crippen molar-refractivity contribution in [2.75, 3.05) is 12.0 Å². The van der Waals surface area contributed by atoms with Crippen LogP contribution < -0.4 is 42.6 Å². The van der Waals surface area contributed by atoms with Gasteiger partial charge >= 0.3 is 11.8 Å². The Hall–Kier alpha value is -7.04. The smallest absolute Gasteiger partial charge is 0.414 e. The Labute approximate surface area is 375 Å². The summed E-state index contributed by atoms with van der Waals surface area (Å²) in [6, 6.07) is 11.6. The largest absolute Gasteiger partial charge is 0.450 e. The Balaban J connectivity index is 0.000000278. The Bertz CT molecular complexity index is 2920. The number of ether oxygens (including phenoxy) is 3. The molecule has 21 nitrogen and oxygen atoms in total. The number of amides is 2. The third-order valence-electron chi connectivity index (χ3n) is 8.06. The van der Waals surface area contributed by atoms with Gasteiger partial charge < -0.3 is 14.2 Å². The average molecular weight is 945 g/mol. The predicted octanol–water partition coefficient (Wildman–Crippen LogP) is 5.68. The van der Waals surface area contributed by atoms with Crippen molar-refractivity contribution in [1.29, 1.82) is 10.5 Å². The predicted molar refractivity (Wildman–Crippen MR) is 231 cm³/mol. The van der Waals surface area contributed by atoms with Crippen LogP contribution >= 0.6 is 46.4 Å². The molecule has 5 rings (SSSR count). The van der Waals surface area contributed by atoms with E-state index in [1.165, 1.54) is 50.5 Å². The topological polar surface area (TPSA) is 283 Å². The van der Waals surface area contributed by atoms with Gasteiger partial charge in [0.1, 0.15) is 12.1 Å². The van der Waals surface area contributed by atoms with Crippen LogP contribution in [0.2, 0.25) is 20.1 Å². The van der Waals surface area contributed by atoms with Crippen molar-refractivity contribution in [3.8, 4) is 41.1 Å². The zero-order valence-corrected chi connectivity index (χ0v) is 37.1. The molecule has 0 aliphatic heterocycles. The SMILES string of the molecule is CC(C)c1cc(Oc2c(Cl)cc(-n3nc(C#N)c(=O)[nH]c3=O)cc2Cl)nn(C)c1=O.CCOC(=O)NC(=O)/C(C#N)=N\Nc1cc(Cl)c(Oc2cc(C(C)C)c(=O)n(C)n2)c(Cl)c1. The van der Waals surface area contributed by atoms with E-state index < -0.39 is 34.7 Å². The minimum atomic E-state index is -1.05. The van der Waals surface area contributed by atoms with Gasteiger partial charge in [0.15, 0.2) is 11.5 Å². The van der Waals surface area contributed by atoms with E-state index in [4.69, 9.17) is 66.4 Å². The number of carbonyl (C=O) groups excluding carboxylic acids is 2. The molecule has 0 unspecified atom stereocenters. The van der Waals surface area contributed by atoms with Gasteiger partial charge in [0.25, 0.3) is 22.6 Å². The number of aromatic nitrogens is 7. The number of halogens is 4. The van der Waals surface area contributed by atoms with Crippen LogP contribution in [0.25, 0.3) is 5.69 Å². The summed E-state index contributed by atoms with van der Waals surface area (Å²) in [6.07, 6.45) is -1.01. The summed E-state index contributed by atoms with van der Waals surface area (Å²) in [5.74, 6) is -0.832. The number of benzene rings is 2. The number of aryl methyl sites for hydroxylation is 2. The van der Waals surface area contributed by atoms with Gasteiger partial charge in [0.05, 0.1) is 38.1 Å². The number of aromatic amines is 1. The maximum Gasteiger partial charge on any atom is 0.414 e. The number of anilines is 1. The van der Waals surface area contributed by atoms with Crippen molar-refractivity contribution in [3.05, 3.63) is 115 Å². The Kier molecular flexibility index (Phi) is 16.3. The van der Waals surface area contributed by atoms with E-state index in [0.29, 0.717) is 11.1 Å². The molecule has 3 heterocycles. The van der Waals surface area contributed by atoms with Crippen LogP contribution in [0, 0.1) is 22.7 Å². The first-order valence-electron chi connectivity index (χ1n) is 18.1. The fourth-order valence-corrected chi connectivity index (χ4v) is 6.16. The lowest BCUT2D eigenvalue weighted by Gasteiger charge is -2.13. The van der Waals surface area contributed by atoms with Crippen LogP contribution in [0.15, 0.2) is 60.7 Å². The number of imide groups is 1. The number of hydrazone groups is 1. The van der Waals surface area contributed by atoms with E-state index in [9.17, 15) is 28.8 Å². The molecule has 2 aromatic carbocycles. The van der Waals surface area contributed by atoms with Gasteiger partial charge in [-0.3, -0.25) is 34.9 Å². The van der Waals surface area contributed by atoms with Crippen molar-refractivity contribution in [1.82, 2.24) is 39.6 Å². The van der Waals surface area contributed by atoms with Gasteiger partial charge in [-0.2, -0.15) is 20.3 Å². The highest BCUT2D eigenvalue weighted by Crippen LogP contribution is 2.39. The number of hydrogen-bond donors (Lipinski definition) is 3. The van der Waals surface area contributed by atoms with E-state index in [2.05, 4.69) is 30.6 Å². The molecule has 0 fully saturated rings. The van der Waals surface area contributed by atoms with Crippen LogP contribution in [0.1, 0.15) is 63.3 Å². The molecule has 328 valence electrons. The van der Waals surface area contributed by atoms with Crippen molar-refractivity contribution in [2.24, 2.45) is 19.2 Å². The molecule has 3 aromatic heterocycles. The molecule has 0 saturated carbocycles. The second-order valence-electron chi connectivity index (χ2n) is 13.2. The monoisotopic (exact) mass is 942 g/mol. The van der Waals surface area contributed by atoms with Gasteiger partial charge in [-0.15, -0.1) is 15.3 Å². The highest BCUT2D eigenvalue weighted by Gasteiger charge is 2.20. The number of H-pyrrole nitrogens is 1. The fraction of sp³-hybridized carbons (Fsp3) is 0.263. The van der Waals surface area contributed by atoms with E-state index in [1.54, 1.807) is 19.1 Å². The molecule has 0 saturated heterocycles. The average Bonchev–Trinajstić information content (AvgIpc) is 3.20. The van der Waals surface area contributed by atoms with Gasteiger partial charge in [-0.1, -0.05) is 74.1 Å². The first-order valence-corrected chi connectivity index (χ1v) is 19.6. The van der Waals surface area contributed by atoms with E-state index >= 15 is 0 Å². The summed E-state index contributed by atoms with van der Waals surface area (Å²) >= 11 is 25.1. The van der Waals surface area contributed by atoms with E-state index in [0.717, 1.165) is 14.0 Å². The number of nitrogens with zero attached hydrogens (tertiary/aromatic N) is 9. The highest BCUT2D eigenvalue weighted by molar-refractivity contribution is 6.47. The number of nitriles is 2. The lowest BCUT2D eigenvalue weighted by Crippen LogP contribution is -2.36. The number of rotatable bonds is 11. The molecule has 0 aliphatic carbocycles. The minimum Gasteiger partial charge on any atom is -0.450 e. The van der Waals surface area contributed by atoms with Crippen molar-refractivity contribution < 1.29 is 23.8 Å². The number of alkyl carbamates (subject to hydrolysis) is 1. The molecule has 0 aliphatic rings. The molecule has 5 aromatic rings. The molecule has 25 heteroatoms. The Morgan fingerprint density at radius 3 is 1.70 bits per heavy atom. The molecule has 63 heavy (non-hydrogen) atoms. The Morgan fingerprint density at radius 2 is 1.27 bits per heavy atom. The summed E-state index contributed by atoms with van der Waals surface area (Å²) in [7, 11) is 2.99. The van der Waals surface area contributed by atoms with Crippen molar-refractivity contribution in [2.45, 2.75) is 46.5 Å². The molecule has 0 spiro atoms. The lowest BCUT2D eigenvalue weighted by molar-refractivity contribution is -0.114. The van der Waals surface area contributed by atoms with E-state index in [1.807, 2.05) is 38.0 Å². The maximum atomic E-state index is 12.2. The molecular weight excluding hydrogens is 910 g/mol. The number of nitrogens with one attached hydrogen (secondary N) is 3. The zero-order chi connectivity index (χ0) is 46.9. The van der Waals surface area contributed by atoms with Gasteiger partial charge in [0.2, 0.25) is 23.2 Å². The standard InChI is InChI=1S/C20H20Cl2N6O5.C18H14Cl2N6O4/c1-5-32-20(31)24-18(29)15(9-23)26-25-11-6-13(21)17(14(22)7-11)33-16-8-12(10(2)3)19(30)28(4)27-16;1-8(2)10-6-14(24-25(3)17(10)28)30-15-11(19)4-9(5-12(15)20)26-18(29)22-16(27)13(7-21)23-26/h6-8,10,25H,5H2,1-4H3,(H,24,29,31);4-6,8H,1-3H3,(H,22,27,29)/b26-15-;. The van der Waals surface area contributed by atoms with Crippen LogP contribution in [0.3, 0.4) is 0 Å². The second-order valence-corrected chi connectivity index (χ2v) is 14.9. The molecular formula is C38H34Cl4N12O9. The van der Waals surface area contributed by atoms with Crippen LogP contribution in [-0.2, 0) is 23.6 Å². The van der Waals surface area contributed by atoms with Crippen LogP contribution in [0.5, 0.6) is 23.3 Å². The normalized spacial score (nSPS) is 10.9. The third-order valence-corrected chi connectivity index (χ3v) is 9.19. The fourth-order valence-electron chi connectivity index (χ4n) is 5.05. The van der Waals surface area contributed by atoms with Gasteiger partial charge in [-0.05, 0) is 43.0 Å². The first-order chi connectivity index (χ1) is 29.7. The summed E-state index contributed by atoms with van der Waals surface area (Å²) in [4.78, 5) is 73.1. The number of hydrogen-bond acceptors (Lipinski definition) is 16. The zero-order valence-electron chi connectivity index (χ0n) is 34.0.